The monoisotopic (exact) mass is 284 g/mol. The third kappa shape index (κ3) is 3.09. The Balaban J connectivity index is 1.99. The highest BCUT2D eigenvalue weighted by Gasteiger charge is 2.09. The van der Waals surface area contributed by atoms with Gasteiger partial charge in [0, 0.05) is 10.9 Å². The number of Topliss-reactive ketones (excluding diaryl/α,β-unsaturated/α-hetero) is 1. The molecule has 0 saturated carbocycles. The lowest BCUT2D eigenvalue weighted by Gasteiger charge is -2.05. The molecule has 0 amide bonds. The van der Waals surface area contributed by atoms with Gasteiger partial charge in [-0.3, -0.25) is 4.79 Å². The first kappa shape index (κ1) is 13.1. The van der Waals surface area contributed by atoms with Crippen LogP contribution in [0, 0.1) is 12.7 Å². The normalized spacial score (nSPS) is 10.4. The first-order valence-corrected chi connectivity index (χ1v) is 6.43. The number of aryl methyl sites for hydroxylation is 1. The fourth-order valence-electron chi connectivity index (χ4n) is 1.37. The molecule has 5 heteroatoms. The summed E-state index contributed by atoms with van der Waals surface area (Å²) in [5.74, 6) is -0.393. The van der Waals surface area contributed by atoms with Crippen LogP contribution in [-0.2, 0) is 0 Å². The molecule has 1 heterocycles. The number of benzene rings is 1. The van der Waals surface area contributed by atoms with E-state index >= 15 is 0 Å². The van der Waals surface area contributed by atoms with Crippen LogP contribution in [-0.4, -0.2) is 12.4 Å². The lowest BCUT2D eigenvalue weighted by molar-refractivity contribution is 0.0925. The summed E-state index contributed by atoms with van der Waals surface area (Å²) >= 11 is 6.96. The zero-order valence-electron chi connectivity index (χ0n) is 9.57. The fourth-order valence-corrected chi connectivity index (χ4v) is 2.28. The van der Waals surface area contributed by atoms with Gasteiger partial charge < -0.3 is 4.74 Å². The number of thiophene rings is 1. The van der Waals surface area contributed by atoms with Gasteiger partial charge in [0.2, 0.25) is 5.78 Å². The summed E-state index contributed by atoms with van der Waals surface area (Å²) in [6.07, 6.45) is 0. The second kappa shape index (κ2) is 5.50. The van der Waals surface area contributed by atoms with E-state index < -0.39 is 5.82 Å². The third-order valence-electron chi connectivity index (χ3n) is 2.28. The average Bonchev–Trinajstić information content (AvgIpc) is 2.77. The van der Waals surface area contributed by atoms with Crippen LogP contribution in [0.5, 0.6) is 5.75 Å². The summed E-state index contributed by atoms with van der Waals surface area (Å²) in [4.78, 5) is 13.5. The Morgan fingerprint density at radius 3 is 2.78 bits per heavy atom. The summed E-state index contributed by atoms with van der Waals surface area (Å²) in [7, 11) is 0. The van der Waals surface area contributed by atoms with Crippen LogP contribution in [0.4, 0.5) is 4.39 Å². The molecule has 1 aromatic carbocycles. The van der Waals surface area contributed by atoms with E-state index in [1.165, 1.54) is 23.5 Å². The van der Waals surface area contributed by atoms with Crippen molar-refractivity contribution >= 4 is 28.7 Å². The molecule has 0 bridgehead atoms. The number of rotatable bonds is 4. The van der Waals surface area contributed by atoms with E-state index in [1.54, 1.807) is 6.07 Å². The van der Waals surface area contributed by atoms with Crippen molar-refractivity contribution in [3.8, 4) is 5.75 Å². The summed E-state index contributed by atoms with van der Waals surface area (Å²) in [6.45, 7) is 1.82. The summed E-state index contributed by atoms with van der Waals surface area (Å²) in [5, 5.41) is 0.0301. The lowest BCUT2D eigenvalue weighted by Crippen LogP contribution is -2.10. The molecule has 2 rings (SSSR count). The average molecular weight is 285 g/mol. The summed E-state index contributed by atoms with van der Waals surface area (Å²) in [5.41, 5.74) is 0. The Hall–Kier alpha value is -1.39. The minimum Gasteiger partial charge on any atom is -0.485 e. The predicted octanol–water partition coefficient (Wildman–Crippen LogP) is 4.11. The molecule has 2 nitrogen and oxygen atoms in total. The van der Waals surface area contributed by atoms with Gasteiger partial charge in [0.05, 0.1) is 9.90 Å². The number of ether oxygens (including phenoxy) is 1. The van der Waals surface area contributed by atoms with Gasteiger partial charge in [0.25, 0.3) is 0 Å². The first-order valence-electron chi connectivity index (χ1n) is 5.24. The Morgan fingerprint density at radius 1 is 1.39 bits per heavy atom. The number of ketones is 1. The van der Waals surface area contributed by atoms with Gasteiger partial charge in [-0.2, -0.15) is 0 Å². The van der Waals surface area contributed by atoms with Crippen LogP contribution in [0.15, 0.2) is 30.3 Å². The van der Waals surface area contributed by atoms with E-state index in [1.807, 2.05) is 13.0 Å². The molecule has 0 aliphatic carbocycles. The number of hydrogen-bond acceptors (Lipinski definition) is 3. The Morgan fingerprint density at radius 2 is 2.17 bits per heavy atom. The van der Waals surface area contributed by atoms with E-state index in [2.05, 4.69) is 0 Å². The molecule has 0 aliphatic rings. The van der Waals surface area contributed by atoms with Crippen LogP contribution in [0.3, 0.4) is 0 Å². The molecule has 1 aromatic heterocycles. The smallest absolute Gasteiger partial charge is 0.210 e. The molecule has 18 heavy (non-hydrogen) atoms. The highest BCUT2D eigenvalue weighted by molar-refractivity contribution is 7.14. The maximum Gasteiger partial charge on any atom is 0.210 e. The Labute approximate surface area is 113 Å². The number of hydrogen-bond donors (Lipinski definition) is 0. The number of carbonyl (C=O) groups is 1. The Bertz CT molecular complexity index is 580. The maximum atomic E-state index is 13.1. The summed E-state index contributed by atoms with van der Waals surface area (Å²) in [6, 6.07) is 7.72. The van der Waals surface area contributed by atoms with Crippen molar-refractivity contribution in [2.24, 2.45) is 0 Å². The molecule has 94 valence electrons. The van der Waals surface area contributed by atoms with E-state index in [0.29, 0.717) is 10.6 Å². The van der Waals surface area contributed by atoms with Gasteiger partial charge in [-0.25, -0.2) is 4.39 Å². The Kier molecular flexibility index (Phi) is 3.99. The van der Waals surface area contributed by atoms with E-state index in [9.17, 15) is 9.18 Å². The highest BCUT2D eigenvalue weighted by atomic mass is 35.5. The van der Waals surface area contributed by atoms with Crippen molar-refractivity contribution in [3.05, 3.63) is 50.9 Å². The molecule has 0 atom stereocenters. The second-order valence-corrected chi connectivity index (χ2v) is 5.39. The van der Waals surface area contributed by atoms with Crippen LogP contribution < -0.4 is 4.74 Å². The van der Waals surface area contributed by atoms with E-state index in [0.717, 1.165) is 10.9 Å². The SMILES string of the molecule is Cc1ccc(C(=O)COc2ccc(Cl)c(F)c2)s1. The quantitative estimate of drug-likeness (QED) is 0.790. The topological polar surface area (TPSA) is 26.3 Å². The zero-order valence-corrected chi connectivity index (χ0v) is 11.1. The molecular formula is C13H10ClFO2S. The molecule has 0 saturated heterocycles. The van der Waals surface area contributed by atoms with E-state index in [4.69, 9.17) is 16.3 Å². The van der Waals surface area contributed by atoms with Crippen molar-refractivity contribution in [2.75, 3.05) is 6.61 Å². The van der Waals surface area contributed by atoms with Crippen LogP contribution >= 0.6 is 22.9 Å². The predicted molar refractivity (Wildman–Crippen MR) is 70.3 cm³/mol. The van der Waals surface area contributed by atoms with Crippen molar-refractivity contribution in [3.63, 3.8) is 0 Å². The lowest BCUT2D eigenvalue weighted by atomic mass is 10.3. The van der Waals surface area contributed by atoms with Gasteiger partial charge in [0.1, 0.15) is 11.6 Å². The second-order valence-electron chi connectivity index (χ2n) is 3.70. The number of carbonyl (C=O) groups excluding carboxylic acids is 1. The molecule has 2 aromatic rings. The first-order chi connectivity index (χ1) is 8.56. The molecular weight excluding hydrogens is 275 g/mol. The standard InChI is InChI=1S/C13H10ClFO2S/c1-8-2-5-13(18-8)12(16)7-17-9-3-4-10(14)11(15)6-9/h2-6H,7H2,1H3. The van der Waals surface area contributed by atoms with Gasteiger partial charge in [0.15, 0.2) is 6.61 Å². The largest absolute Gasteiger partial charge is 0.485 e. The fraction of sp³-hybridized carbons (Fsp3) is 0.154. The van der Waals surface area contributed by atoms with Crippen molar-refractivity contribution < 1.29 is 13.9 Å². The molecule has 0 spiro atoms. The molecule has 0 N–H and O–H groups in total. The zero-order chi connectivity index (χ0) is 13.1. The van der Waals surface area contributed by atoms with Crippen molar-refractivity contribution in [1.82, 2.24) is 0 Å². The minimum absolute atomic E-state index is 0.0301. The van der Waals surface area contributed by atoms with Gasteiger partial charge >= 0.3 is 0 Å². The molecule has 0 fully saturated rings. The van der Waals surface area contributed by atoms with Gasteiger partial charge in [-0.1, -0.05) is 11.6 Å². The molecule has 0 unspecified atom stereocenters. The van der Waals surface area contributed by atoms with E-state index in [-0.39, 0.29) is 17.4 Å². The maximum absolute atomic E-state index is 13.1. The van der Waals surface area contributed by atoms with Crippen LogP contribution in [0.1, 0.15) is 14.5 Å². The van der Waals surface area contributed by atoms with Gasteiger partial charge in [-0.05, 0) is 31.2 Å². The minimum atomic E-state index is -0.561. The third-order valence-corrected chi connectivity index (χ3v) is 3.62. The van der Waals surface area contributed by atoms with Crippen LogP contribution in [0.2, 0.25) is 5.02 Å². The number of halogens is 2. The molecule has 0 radical (unpaired) electrons. The van der Waals surface area contributed by atoms with Crippen LogP contribution in [0.25, 0.3) is 0 Å². The molecule has 0 aliphatic heterocycles. The van der Waals surface area contributed by atoms with Crippen molar-refractivity contribution in [2.45, 2.75) is 6.92 Å². The highest BCUT2D eigenvalue weighted by Crippen LogP contribution is 2.21. The van der Waals surface area contributed by atoms with Gasteiger partial charge in [-0.15, -0.1) is 11.3 Å². The summed E-state index contributed by atoms with van der Waals surface area (Å²) < 4.78 is 18.4. The van der Waals surface area contributed by atoms with Crippen molar-refractivity contribution in [1.29, 1.82) is 0 Å².